The standard InChI is InChI=1S/C16H32N4S.HI/c1-4-15-13-20(11-12-21-15)16(17-3)18-8-10-19-9-6-5-7-14(19)2;/h14-15H,4-13H2,1-3H3,(H,17,18);1H. The lowest BCUT2D eigenvalue weighted by molar-refractivity contribution is 0.163. The predicted molar refractivity (Wildman–Crippen MR) is 110 cm³/mol. The van der Waals surface area contributed by atoms with Crippen LogP contribution in [0.3, 0.4) is 0 Å². The number of hydrogen-bond donors (Lipinski definition) is 1. The van der Waals surface area contributed by atoms with Crippen molar-refractivity contribution in [1.29, 1.82) is 0 Å². The van der Waals surface area contributed by atoms with Crippen molar-refractivity contribution in [2.75, 3.05) is 45.5 Å². The van der Waals surface area contributed by atoms with E-state index < -0.39 is 0 Å². The first-order valence-electron chi connectivity index (χ1n) is 8.55. The molecule has 2 rings (SSSR count). The third kappa shape index (κ3) is 6.07. The van der Waals surface area contributed by atoms with E-state index in [1.807, 2.05) is 7.05 Å². The molecular formula is C16H33IN4S. The molecule has 22 heavy (non-hydrogen) atoms. The minimum absolute atomic E-state index is 0. The molecule has 0 aromatic heterocycles. The molecule has 2 atom stereocenters. The number of guanidine groups is 1. The van der Waals surface area contributed by atoms with Crippen LogP contribution in [-0.4, -0.2) is 72.6 Å². The largest absolute Gasteiger partial charge is 0.355 e. The van der Waals surface area contributed by atoms with Gasteiger partial charge in [-0.25, -0.2) is 0 Å². The summed E-state index contributed by atoms with van der Waals surface area (Å²) in [6.07, 6.45) is 5.37. The summed E-state index contributed by atoms with van der Waals surface area (Å²) in [6.45, 7) is 10.3. The summed E-state index contributed by atoms with van der Waals surface area (Å²) in [4.78, 5) is 9.54. The number of likely N-dealkylation sites (tertiary alicyclic amines) is 1. The Kier molecular flexibility index (Phi) is 10.1. The Morgan fingerprint density at radius 3 is 2.82 bits per heavy atom. The van der Waals surface area contributed by atoms with Gasteiger partial charge in [-0.3, -0.25) is 9.89 Å². The molecule has 2 saturated heterocycles. The van der Waals surface area contributed by atoms with Crippen LogP contribution in [0.4, 0.5) is 0 Å². The molecule has 0 radical (unpaired) electrons. The van der Waals surface area contributed by atoms with Gasteiger partial charge >= 0.3 is 0 Å². The number of nitrogens with zero attached hydrogens (tertiary/aromatic N) is 3. The van der Waals surface area contributed by atoms with E-state index in [2.05, 4.69) is 45.7 Å². The van der Waals surface area contributed by atoms with E-state index in [9.17, 15) is 0 Å². The van der Waals surface area contributed by atoms with Crippen molar-refractivity contribution in [2.24, 2.45) is 4.99 Å². The average molecular weight is 440 g/mol. The Balaban J connectivity index is 0.00000242. The monoisotopic (exact) mass is 440 g/mol. The normalized spacial score (nSPS) is 27.4. The van der Waals surface area contributed by atoms with Crippen molar-refractivity contribution < 1.29 is 0 Å². The first kappa shape index (κ1) is 20.4. The molecule has 0 saturated carbocycles. The van der Waals surface area contributed by atoms with Crippen LogP contribution in [-0.2, 0) is 0 Å². The molecule has 0 aliphatic carbocycles. The van der Waals surface area contributed by atoms with Crippen LogP contribution in [0.15, 0.2) is 4.99 Å². The predicted octanol–water partition coefficient (Wildman–Crippen LogP) is 2.88. The van der Waals surface area contributed by atoms with Gasteiger partial charge in [-0.2, -0.15) is 11.8 Å². The van der Waals surface area contributed by atoms with Gasteiger partial charge < -0.3 is 10.2 Å². The van der Waals surface area contributed by atoms with E-state index >= 15 is 0 Å². The van der Waals surface area contributed by atoms with E-state index in [1.54, 1.807) is 0 Å². The second-order valence-electron chi connectivity index (χ2n) is 6.20. The molecule has 130 valence electrons. The molecule has 2 aliphatic heterocycles. The summed E-state index contributed by atoms with van der Waals surface area (Å²) in [7, 11) is 1.91. The first-order chi connectivity index (χ1) is 10.2. The van der Waals surface area contributed by atoms with Gasteiger partial charge in [-0.1, -0.05) is 13.3 Å². The topological polar surface area (TPSA) is 30.9 Å². The summed E-state index contributed by atoms with van der Waals surface area (Å²) >= 11 is 2.11. The highest BCUT2D eigenvalue weighted by Crippen LogP contribution is 2.21. The van der Waals surface area contributed by atoms with E-state index in [-0.39, 0.29) is 24.0 Å². The Labute approximate surface area is 157 Å². The van der Waals surface area contributed by atoms with E-state index in [0.29, 0.717) is 0 Å². The Morgan fingerprint density at radius 2 is 2.14 bits per heavy atom. The first-order valence-corrected chi connectivity index (χ1v) is 9.60. The molecule has 0 aromatic rings. The second kappa shape index (κ2) is 11.0. The van der Waals surface area contributed by atoms with Crippen molar-refractivity contribution in [3.63, 3.8) is 0 Å². The van der Waals surface area contributed by atoms with Crippen molar-refractivity contribution in [3.05, 3.63) is 0 Å². The second-order valence-corrected chi connectivity index (χ2v) is 7.61. The maximum Gasteiger partial charge on any atom is 0.193 e. The van der Waals surface area contributed by atoms with Gasteiger partial charge in [0.2, 0.25) is 0 Å². The minimum atomic E-state index is 0. The van der Waals surface area contributed by atoms with Gasteiger partial charge in [-0.05, 0) is 32.7 Å². The molecular weight excluding hydrogens is 407 g/mol. The van der Waals surface area contributed by atoms with Crippen LogP contribution in [0.25, 0.3) is 0 Å². The van der Waals surface area contributed by atoms with Gasteiger partial charge in [-0.15, -0.1) is 24.0 Å². The molecule has 1 N–H and O–H groups in total. The van der Waals surface area contributed by atoms with E-state index in [4.69, 9.17) is 0 Å². The third-order valence-electron chi connectivity index (χ3n) is 4.73. The average Bonchev–Trinajstić information content (AvgIpc) is 2.53. The smallest absolute Gasteiger partial charge is 0.193 e. The van der Waals surface area contributed by atoms with Gasteiger partial charge in [0.15, 0.2) is 5.96 Å². The minimum Gasteiger partial charge on any atom is -0.355 e. The molecule has 0 spiro atoms. The zero-order valence-electron chi connectivity index (χ0n) is 14.4. The Morgan fingerprint density at radius 1 is 1.32 bits per heavy atom. The zero-order valence-corrected chi connectivity index (χ0v) is 17.5. The number of halogens is 1. The number of rotatable bonds is 4. The summed E-state index contributed by atoms with van der Waals surface area (Å²) in [5.41, 5.74) is 0. The highest BCUT2D eigenvalue weighted by Gasteiger charge is 2.22. The fourth-order valence-electron chi connectivity index (χ4n) is 3.29. The number of thioether (sulfide) groups is 1. The fraction of sp³-hybridized carbons (Fsp3) is 0.938. The maximum atomic E-state index is 4.49. The molecule has 6 heteroatoms. The van der Waals surface area contributed by atoms with Gasteiger partial charge in [0, 0.05) is 50.3 Å². The van der Waals surface area contributed by atoms with Crippen LogP contribution < -0.4 is 5.32 Å². The van der Waals surface area contributed by atoms with E-state index in [0.717, 1.165) is 43.4 Å². The van der Waals surface area contributed by atoms with Crippen molar-refractivity contribution in [1.82, 2.24) is 15.1 Å². The Bertz CT molecular complexity index is 340. The molecule has 4 nitrogen and oxygen atoms in total. The summed E-state index contributed by atoms with van der Waals surface area (Å²) in [5.74, 6) is 2.32. The fourth-order valence-corrected chi connectivity index (χ4v) is 4.47. The molecule has 2 aliphatic rings. The molecule has 0 amide bonds. The molecule has 2 fully saturated rings. The lowest BCUT2D eigenvalue weighted by Gasteiger charge is -2.36. The van der Waals surface area contributed by atoms with Crippen LogP contribution in [0, 0.1) is 0 Å². The van der Waals surface area contributed by atoms with E-state index in [1.165, 1.54) is 38.0 Å². The lowest BCUT2D eigenvalue weighted by Crippen LogP contribution is -2.50. The number of piperidine rings is 1. The molecule has 2 unspecified atom stereocenters. The summed E-state index contributed by atoms with van der Waals surface area (Å²) in [5, 5.41) is 4.34. The van der Waals surface area contributed by atoms with Crippen LogP contribution in [0.1, 0.15) is 39.5 Å². The molecule has 0 bridgehead atoms. The number of nitrogens with one attached hydrogen (secondary N) is 1. The summed E-state index contributed by atoms with van der Waals surface area (Å²) < 4.78 is 0. The summed E-state index contributed by atoms with van der Waals surface area (Å²) in [6, 6.07) is 0.749. The van der Waals surface area contributed by atoms with Crippen LogP contribution in [0.2, 0.25) is 0 Å². The van der Waals surface area contributed by atoms with Crippen molar-refractivity contribution in [2.45, 2.75) is 50.8 Å². The highest BCUT2D eigenvalue weighted by atomic mass is 127. The number of hydrogen-bond acceptors (Lipinski definition) is 3. The van der Waals surface area contributed by atoms with Gasteiger partial charge in [0.05, 0.1) is 0 Å². The quantitative estimate of drug-likeness (QED) is 0.414. The highest BCUT2D eigenvalue weighted by molar-refractivity contribution is 14.0. The SMILES string of the molecule is CCC1CN(C(=NC)NCCN2CCCCC2C)CCS1.I. The van der Waals surface area contributed by atoms with Crippen LogP contribution in [0.5, 0.6) is 0 Å². The Hall–Kier alpha value is 0.310. The van der Waals surface area contributed by atoms with Crippen LogP contribution >= 0.6 is 35.7 Å². The molecule has 0 aromatic carbocycles. The van der Waals surface area contributed by atoms with Gasteiger partial charge in [0.1, 0.15) is 0 Å². The van der Waals surface area contributed by atoms with Gasteiger partial charge in [0.25, 0.3) is 0 Å². The molecule has 2 heterocycles. The zero-order chi connectivity index (χ0) is 15.1. The maximum absolute atomic E-state index is 4.49. The van der Waals surface area contributed by atoms with Crippen molar-refractivity contribution in [3.8, 4) is 0 Å². The van der Waals surface area contributed by atoms with Crippen molar-refractivity contribution >= 4 is 41.7 Å². The lowest BCUT2D eigenvalue weighted by atomic mass is 10.0. The third-order valence-corrected chi connectivity index (χ3v) is 6.10. The number of aliphatic imine (C=N–C) groups is 1.